The van der Waals surface area contributed by atoms with E-state index in [-0.39, 0.29) is 6.54 Å². The van der Waals surface area contributed by atoms with Crippen LogP contribution in [0.1, 0.15) is 18.1 Å². The third-order valence-corrected chi connectivity index (χ3v) is 3.59. The van der Waals surface area contributed by atoms with Gasteiger partial charge in [-0.1, -0.05) is 0 Å². The number of carboxylic acids is 1. The van der Waals surface area contributed by atoms with Crippen LogP contribution in [0.2, 0.25) is 0 Å². The minimum atomic E-state index is -0.752. The van der Waals surface area contributed by atoms with Gasteiger partial charge >= 0.3 is 5.97 Å². The van der Waals surface area contributed by atoms with Crippen LogP contribution in [-0.2, 0) is 18.4 Å². The van der Waals surface area contributed by atoms with Crippen LogP contribution < -0.4 is 0 Å². The second-order valence-corrected chi connectivity index (χ2v) is 5.02. The molecule has 0 amide bonds. The zero-order valence-electron chi connectivity index (χ0n) is 11.5. The molecule has 1 fully saturated rings. The first-order valence-corrected chi connectivity index (χ1v) is 6.57. The Hall–Kier alpha value is -1.47. The van der Waals surface area contributed by atoms with E-state index >= 15 is 0 Å². The van der Waals surface area contributed by atoms with Gasteiger partial charge in [0.1, 0.15) is 11.6 Å². The summed E-state index contributed by atoms with van der Waals surface area (Å²) in [6.07, 6.45) is 0.990. The van der Waals surface area contributed by atoms with Gasteiger partial charge in [-0.2, -0.15) is 0 Å². The molecule has 1 aromatic heterocycles. The highest BCUT2D eigenvalue weighted by atomic mass is 16.4. The molecule has 7 heteroatoms. The van der Waals surface area contributed by atoms with Crippen molar-refractivity contribution >= 4 is 5.97 Å². The van der Waals surface area contributed by atoms with Gasteiger partial charge in [0, 0.05) is 26.7 Å². The Bertz CT molecular complexity index is 445. The minimum absolute atomic E-state index is 0.136. The topological polar surface area (TPSA) is 74.5 Å². The van der Waals surface area contributed by atoms with Crippen molar-refractivity contribution in [1.82, 2.24) is 24.6 Å². The number of hydrogen-bond acceptors (Lipinski definition) is 5. The summed E-state index contributed by atoms with van der Waals surface area (Å²) in [6, 6.07) is 0. The van der Waals surface area contributed by atoms with E-state index in [1.165, 1.54) is 0 Å². The van der Waals surface area contributed by atoms with E-state index in [9.17, 15) is 4.79 Å². The highest BCUT2D eigenvalue weighted by molar-refractivity contribution is 5.69. The number of hydrogen-bond donors (Lipinski definition) is 1. The molecule has 7 nitrogen and oxygen atoms in total. The van der Waals surface area contributed by atoms with Gasteiger partial charge in [-0.3, -0.25) is 14.6 Å². The van der Waals surface area contributed by atoms with Crippen LogP contribution in [0, 0.1) is 6.92 Å². The smallest absolute Gasteiger partial charge is 0.317 e. The van der Waals surface area contributed by atoms with E-state index in [0.29, 0.717) is 0 Å². The standard InChI is InChI=1S/C12H21N5O2/c1-10-13-14-11(15(10)2)8-16-4-3-5-17(7-6-16)9-12(18)19/h3-9H2,1-2H3,(H,18,19). The summed E-state index contributed by atoms with van der Waals surface area (Å²) in [5.41, 5.74) is 0. The summed E-state index contributed by atoms with van der Waals surface area (Å²) in [6.45, 7) is 6.34. The first-order chi connectivity index (χ1) is 9.06. The van der Waals surface area contributed by atoms with E-state index in [1.807, 2.05) is 23.4 Å². The maximum Gasteiger partial charge on any atom is 0.317 e. The lowest BCUT2D eigenvalue weighted by Crippen LogP contribution is -2.34. The highest BCUT2D eigenvalue weighted by Crippen LogP contribution is 2.07. The quantitative estimate of drug-likeness (QED) is 0.808. The van der Waals surface area contributed by atoms with Gasteiger partial charge in [0.25, 0.3) is 0 Å². The molecule has 19 heavy (non-hydrogen) atoms. The fraction of sp³-hybridized carbons (Fsp3) is 0.750. The molecule has 1 saturated heterocycles. The molecule has 0 saturated carbocycles. The average Bonchev–Trinajstić information content (AvgIpc) is 2.55. The predicted octanol–water partition coefficient (Wildman–Crippen LogP) is -0.284. The summed E-state index contributed by atoms with van der Waals surface area (Å²) in [7, 11) is 1.97. The normalized spacial score (nSPS) is 18.4. The third-order valence-electron chi connectivity index (χ3n) is 3.59. The molecule has 0 radical (unpaired) electrons. The van der Waals surface area contributed by atoms with Crippen molar-refractivity contribution in [1.29, 1.82) is 0 Å². The molecule has 1 aliphatic heterocycles. The number of aryl methyl sites for hydroxylation is 1. The molecule has 1 aliphatic rings. The van der Waals surface area contributed by atoms with E-state index in [4.69, 9.17) is 5.11 Å². The minimum Gasteiger partial charge on any atom is -0.480 e. The number of nitrogens with zero attached hydrogens (tertiary/aromatic N) is 5. The Morgan fingerprint density at radius 3 is 2.53 bits per heavy atom. The van der Waals surface area contributed by atoms with Crippen molar-refractivity contribution < 1.29 is 9.90 Å². The maximum atomic E-state index is 10.7. The number of aromatic nitrogens is 3. The van der Waals surface area contributed by atoms with Crippen LogP contribution in [0.25, 0.3) is 0 Å². The predicted molar refractivity (Wildman–Crippen MR) is 69.7 cm³/mol. The first kappa shape index (κ1) is 14.0. The summed E-state index contributed by atoms with van der Waals surface area (Å²) >= 11 is 0. The number of rotatable bonds is 4. The summed E-state index contributed by atoms with van der Waals surface area (Å²) < 4.78 is 2.00. The lowest BCUT2D eigenvalue weighted by atomic mass is 10.3. The van der Waals surface area contributed by atoms with Gasteiger partial charge < -0.3 is 9.67 Å². The van der Waals surface area contributed by atoms with Gasteiger partial charge in [0.15, 0.2) is 0 Å². The largest absolute Gasteiger partial charge is 0.480 e. The van der Waals surface area contributed by atoms with Crippen LogP contribution >= 0.6 is 0 Å². The second-order valence-electron chi connectivity index (χ2n) is 5.02. The number of carbonyl (C=O) groups is 1. The highest BCUT2D eigenvalue weighted by Gasteiger charge is 2.18. The molecule has 0 unspecified atom stereocenters. The summed E-state index contributed by atoms with van der Waals surface area (Å²) in [4.78, 5) is 15.0. The van der Waals surface area contributed by atoms with Gasteiger partial charge in [0.05, 0.1) is 13.1 Å². The first-order valence-electron chi connectivity index (χ1n) is 6.57. The molecule has 0 atom stereocenters. The summed E-state index contributed by atoms with van der Waals surface area (Å²) in [5, 5.41) is 17.0. The molecular weight excluding hydrogens is 246 g/mol. The van der Waals surface area contributed by atoms with E-state index in [0.717, 1.165) is 50.8 Å². The van der Waals surface area contributed by atoms with Crippen LogP contribution in [0.5, 0.6) is 0 Å². The Labute approximate surface area is 112 Å². The van der Waals surface area contributed by atoms with Gasteiger partial charge in [0.2, 0.25) is 0 Å². The fourth-order valence-corrected chi connectivity index (χ4v) is 2.32. The van der Waals surface area contributed by atoms with E-state index < -0.39 is 5.97 Å². The van der Waals surface area contributed by atoms with Crippen molar-refractivity contribution in [3.8, 4) is 0 Å². The van der Waals surface area contributed by atoms with Crippen LogP contribution in [0.15, 0.2) is 0 Å². The monoisotopic (exact) mass is 267 g/mol. The SMILES string of the molecule is Cc1nnc(CN2CCCN(CC(=O)O)CC2)n1C. The van der Waals surface area contributed by atoms with Crippen molar-refractivity contribution in [2.75, 3.05) is 32.7 Å². The lowest BCUT2D eigenvalue weighted by molar-refractivity contribution is -0.138. The Balaban J connectivity index is 1.89. The van der Waals surface area contributed by atoms with Crippen LogP contribution in [0.3, 0.4) is 0 Å². The van der Waals surface area contributed by atoms with Gasteiger partial charge in [-0.15, -0.1) is 10.2 Å². The van der Waals surface area contributed by atoms with E-state index in [2.05, 4.69) is 15.1 Å². The molecule has 0 aromatic carbocycles. The van der Waals surface area contributed by atoms with Crippen molar-refractivity contribution in [2.24, 2.45) is 7.05 Å². The van der Waals surface area contributed by atoms with Gasteiger partial charge in [-0.25, -0.2) is 0 Å². The number of aliphatic carboxylic acids is 1. The molecule has 2 rings (SSSR count). The number of carboxylic acid groups (broad SMARTS) is 1. The van der Waals surface area contributed by atoms with Gasteiger partial charge in [-0.05, 0) is 19.9 Å². The summed E-state index contributed by atoms with van der Waals surface area (Å²) in [5.74, 6) is 1.12. The lowest BCUT2D eigenvalue weighted by Gasteiger charge is -2.20. The molecular formula is C12H21N5O2. The average molecular weight is 267 g/mol. The Morgan fingerprint density at radius 2 is 1.89 bits per heavy atom. The molecule has 1 aromatic rings. The third kappa shape index (κ3) is 3.74. The fourth-order valence-electron chi connectivity index (χ4n) is 2.32. The molecule has 0 spiro atoms. The molecule has 1 N–H and O–H groups in total. The molecule has 106 valence electrons. The zero-order chi connectivity index (χ0) is 13.8. The van der Waals surface area contributed by atoms with E-state index in [1.54, 1.807) is 0 Å². The zero-order valence-corrected chi connectivity index (χ0v) is 11.5. The molecule has 0 aliphatic carbocycles. The van der Waals surface area contributed by atoms with Crippen molar-refractivity contribution in [2.45, 2.75) is 19.9 Å². The van der Waals surface area contributed by atoms with Crippen molar-refractivity contribution in [3.05, 3.63) is 11.6 Å². The maximum absolute atomic E-state index is 10.7. The Morgan fingerprint density at radius 1 is 1.21 bits per heavy atom. The molecule has 0 bridgehead atoms. The molecule has 2 heterocycles. The van der Waals surface area contributed by atoms with Crippen LogP contribution in [-0.4, -0.2) is 68.4 Å². The Kier molecular flexibility index (Phi) is 4.49. The van der Waals surface area contributed by atoms with Crippen LogP contribution in [0.4, 0.5) is 0 Å². The second kappa shape index (κ2) is 6.12. The van der Waals surface area contributed by atoms with Crippen molar-refractivity contribution in [3.63, 3.8) is 0 Å².